The highest BCUT2D eigenvalue weighted by Crippen LogP contribution is 2.36. The highest BCUT2D eigenvalue weighted by Gasteiger charge is 2.46. The molecule has 0 bridgehead atoms. The number of hydrogen-bond acceptors (Lipinski definition) is 4. The van der Waals surface area contributed by atoms with Crippen LogP contribution in [-0.4, -0.2) is 36.2 Å². The Labute approximate surface area is 179 Å². The van der Waals surface area contributed by atoms with E-state index in [1.165, 1.54) is 26.1 Å². The number of aldehydes is 1. The molecule has 1 aromatic carbocycles. The Bertz CT molecular complexity index is 1060. The van der Waals surface area contributed by atoms with Crippen molar-refractivity contribution in [2.24, 2.45) is 5.92 Å². The Morgan fingerprint density at radius 1 is 1.29 bits per heavy atom. The molecule has 0 N–H and O–H groups in total. The van der Waals surface area contributed by atoms with Gasteiger partial charge in [-0.05, 0) is 43.7 Å². The second-order valence-electron chi connectivity index (χ2n) is 7.05. The van der Waals surface area contributed by atoms with Gasteiger partial charge < -0.3 is 9.69 Å². The Morgan fingerprint density at radius 3 is 2.55 bits per heavy atom. The van der Waals surface area contributed by atoms with Gasteiger partial charge in [0.15, 0.2) is 0 Å². The van der Waals surface area contributed by atoms with Crippen LogP contribution in [0.15, 0.2) is 30.3 Å². The smallest absolute Gasteiger partial charge is 0.314 e. The number of alkyl halides is 3. The van der Waals surface area contributed by atoms with Crippen molar-refractivity contribution >= 4 is 41.2 Å². The van der Waals surface area contributed by atoms with Crippen LogP contribution in [0.5, 0.6) is 0 Å². The number of carbonyl (C=O) groups excluding carboxylic acids is 3. The summed E-state index contributed by atoms with van der Waals surface area (Å²) < 4.78 is 53.2. The van der Waals surface area contributed by atoms with Crippen molar-refractivity contribution < 1.29 is 31.9 Å². The second-order valence-corrected chi connectivity index (χ2v) is 7.46. The van der Waals surface area contributed by atoms with Gasteiger partial charge in [0.25, 0.3) is 0 Å². The third-order valence-corrected chi connectivity index (χ3v) is 5.22. The predicted molar refractivity (Wildman–Crippen MR) is 104 cm³/mol. The number of pyridine rings is 1. The molecule has 2 heterocycles. The van der Waals surface area contributed by atoms with E-state index in [1.54, 1.807) is 0 Å². The first-order valence-electron chi connectivity index (χ1n) is 9.01. The van der Waals surface area contributed by atoms with E-state index in [9.17, 15) is 31.9 Å². The Balaban J connectivity index is 2.03. The van der Waals surface area contributed by atoms with Crippen molar-refractivity contribution in [2.45, 2.75) is 25.6 Å². The molecule has 0 saturated carbocycles. The maximum absolute atomic E-state index is 13.4. The first kappa shape index (κ1) is 22.7. The van der Waals surface area contributed by atoms with Crippen molar-refractivity contribution in [3.05, 3.63) is 52.4 Å². The lowest BCUT2D eigenvalue weighted by Crippen LogP contribution is -2.46. The number of carbonyl (C=O) groups is 3. The van der Waals surface area contributed by atoms with E-state index in [-0.39, 0.29) is 28.6 Å². The topological polar surface area (TPSA) is 70.6 Å². The fourth-order valence-corrected chi connectivity index (χ4v) is 3.53. The van der Waals surface area contributed by atoms with E-state index in [1.807, 2.05) is 0 Å². The molecule has 31 heavy (non-hydrogen) atoms. The van der Waals surface area contributed by atoms with Crippen LogP contribution in [-0.2, 0) is 20.6 Å². The quantitative estimate of drug-likeness (QED) is 0.398. The molecule has 1 fully saturated rings. The van der Waals surface area contributed by atoms with Gasteiger partial charge in [0.1, 0.15) is 24.0 Å². The minimum atomic E-state index is -4.70. The van der Waals surface area contributed by atoms with Crippen molar-refractivity contribution in [3.63, 3.8) is 0 Å². The molecule has 1 aromatic heterocycles. The summed E-state index contributed by atoms with van der Waals surface area (Å²) in [6.07, 6.45) is -4.59. The molecule has 2 aromatic rings. The number of halogens is 5. The van der Waals surface area contributed by atoms with Gasteiger partial charge in [-0.1, -0.05) is 11.6 Å². The summed E-state index contributed by atoms with van der Waals surface area (Å²) in [5, 5.41) is -0.238. The minimum absolute atomic E-state index is 0.0166. The molecule has 0 aliphatic carbocycles. The largest absolute Gasteiger partial charge is 0.416 e. The summed E-state index contributed by atoms with van der Waals surface area (Å²) in [6.45, 7) is 1.32. The zero-order valence-electron chi connectivity index (χ0n) is 16.3. The maximum atomic E-state index is 13.4. The summed E-state index contributed by atoms with van der Waals surface area (Å²) in [5.74, 6) is -3.82. The molecule has 11 heteroatoms. The zero-order valence-corrected chi connectivity index (χ0v) is 17.0. The van der Waals surface area contributed by atoms with Gasteiger partial charge in [0.2, 0.25) is 11.8 Å². The average molecular weight is 458 g/mol. The molecule has 1 aliphatic rings. The van der Waals surface area contributed by atoms with Gasteiger partial charge in [0.05, 0.1) is 16.5 Å². The fraction of sp³-hybridized carbons (Fsp3) is 0.300. The van der Waals surface area contributed by atoms with Gasteiger partial charge in [-0.3, -0.25) is 14.5 Å². The van der Waals surface area contributed by atoms with Crippen LogP contribution in [0.2, 0.25) is 5.02 Å². The molecule has 1 saturated heterocycles. The molecule has 0 radical (unpaired) electrons. The monoisotopic (exact) mass is 457 g/mol. The molecule has 1 aliphatic heterocycles. The number of anilines is 2. The molecular formula is C20H16ClF4N3O3. The number of benzene rings is 1. The molecule has 0 spiro atoms. The van der Waals surface area contributed by atoms with Gasteiger partial charge in [-0.25, -0.2) is 9.37 Å². The SMILES string of the molecule is Cc1cc(C(F)(F)F)cc(N2C(=O)C(C=O)C[C@H]2C(=O)N(C)c2ccc(F)c(Cl)c2)n1. The van der Waals surface area contributed by atoms with E-state index in [0.29, 0.717) is 12.4 Å². The van der Waals surface area contributed by atoms with Crippen molar-refractivity contribution in [2.75, 3.05) is 16.8 Å². The van der Waals surface area contributed by atoms with Gasteiger partial charge in [-0.15, -0.1) is 0 Å². The lowest BCUT2D eigenvalue weighted by molar-refractivity contribution is -0.137. The third-order valence-electron chi connectivity index (χ3n) is 4.93. The van der Waals surface area contributed by atoms with Gasteiger partial charge in [0, 0.05) is 18.4 Å². The second kappa shape index (κ2) is 8.26. The van der Waals surface area contributed by atoms with Gasteiger partial charge >= 0.3 is 6.18 Å². The zero-order chi connectivity index (χ0) is 23.1. The average Bonchev–Trinajstić information content (AvgIpc) is 3.04. The lowest BCUT2D eigenvalue weighted by atomic mass is 10.1. The first-order valence-corrected chi connectivity index (χ1v) is 9.38. The number of nitrogens with zero attached hydrogens (tertiary/aromatic N) is 3. The third kappa shape index (κ3) is 4.39. The van der Waals surface area contributed by atoms with E-state index in [2.05, 4.69) is 4.98 Å². The van der Waals surface area contributed by atoms with E-state index >= 15 is 0 Å². The van der Waals surface area contributed by atoms with Crippen molar-refractivity contribution in [1.29, 1.82) is 0 Å². The van der Waals surface area contributed by atoms with Gasteiger partial charge in [-0.2, -0.15) is 13.2 Å². The Kier molecular flexibility index (Phi) is 6.04. The summed E-state index contributed by atoms with van der Waals surface area (Å²) >= 11 is 5.75. The molecule has 3 rings (SSSR count). The maximum Gasteiger partial charge on any atom is 0.416 e. The van der Waals surface area contributed by atoms with Crippen LogP contribution in [0.3, 0.4) is 0 Å². The van der Waals surface area contributed by atoms with E-state index in [4.69, 9.17) is 11.6 Å². The van der Waals surface area contributed by atoms with Crippen LogP contribution < -0.4 is 9.80 Å². The molecule has 1 unspecified atom stereocenters. The summed E-state index contributed by atoms with van der Waals surface area (Å²) in [5.41, 5.74) is -0.856. The molecule has 164 valence electrons. The molecule has 2 amide bonds. The number of aryl methyl sites for hydroxylation is 1. The molecule has 6 nitrogen and oxygen atoms in total. The highest BCUT2D eigenvalue weighted by atomic mass is 35.5. The predicted octanol–water partition coefficient (Wildman–Crippen LogP) is 3.78. The van der Waals surface area contributed by atoms with Crippen LogP contribution >= 0.6 is 11.6 Å². The summed E-state index contributed by atoms with van der Waals surface area (Å²) in [4.78, 5) is 43.1. The number of hydrogen-bond donors (Lipinski definition) is 0. The van der Waals surface area contributed by atoms with Crippen LogP contribution in [0, 0.1) is 18.7 Å². The van der Waals surface area contributed by atoms with Crippen LogP contribution in [0.4, 0.5) is 29.1 Å². The minimum Gasteiger partial charge on any atom is -0.314 e. The Morgan fingerprint density at radius 2 is 1.97 bits per heavy atom. The number of amides is 2. The summed E-state index contributed by atoms with van der Waals surface area (Å²) in [6, 6.07) is 3.71. The number of rotatable bonds is 4. The van der Waals surface area contributed by atoms with Crippen LogP contribution in [0.1, 0.15) is 17.7 Å². The summed E-state index contributed by atoms with van der Waals surface area (Å²) in [7, 11) is 1.34. The normalized spacial score (nSPS) is 18.9. The number of likely N-dealkylation sites (N-methyl/N-ethyl adjacent to an activating group) is 1. The van der Waals surface area contributed by atoms with Crippen molar-refractivity contribution in [1.82, 2.24) is 4.98 Å². The Hall–Kier alpha value is -3.01. The molecular weight excluding hydrogens is 442 g/mol. The molecule has 2 atom stereocenters. The highest BCUT2D eigenvalue weighted by molar-refractivity contribution is 6.31. The van der Waals surface area contributed by atoms with E-state index < -0.39 is 41.3 Å². The standard InChI is InChI=1S/C20H16ClF4N3O3/c1-10-5-12(20(23,24)25)7-17(26-10)28-16(6-11(9-29)18(28)30)19(31)27(2)13-3-4-15(22)14(21)8-13/h3-5,7-9,11,16H,6H2,1-2H3/t11?,16-/m0/s1. The van der Waals surface area contributed by atoms with Crippen LogP contribution in [0.25, 0.3) is 0 Å². The lowest BCUT2D eigenvalue weighted by Gasteiger charge is -2.28. The first-order chi connectivity index (χ1) is 14.4. The number of aromatic nitrogens is 1. The fourth-order valence-electron chi connectivity index (χ4n) is 3.36. The van der Waals surface area contributed by atoms with Crippen molar-refractivity contribution in [3.8, 4) is 0 Å². The van der Waals surface area contributed by atoms with E-state index in [0.717, 1.165) is 21.9 Å².